The number of benzene rings is 1. The summed E-state index contributed by atoms with van der Waals surface area (Å²) in [7, 11) is 1.27. The van der Waals surface area contributed by atoms with Crippen molar-refractivity contribution < 1.29 is 28.9 Å². The lowest BCUT2D eigenvalue weighted by molar-refractivity contribution is -0.139. The number of carbonyl (C=O) groups is 2. The van der Waals surface area contributed by atoms with E-state index in [1.807, 2.05) is 0 Å². The van der Waals surface area contributed by atoms with Crippen LogP contribution in [0.1, 0.15) is 16.8 Å². The molecule has 0 saturated heterocycles. The summed E-state index contributed by atoms with van der Waals surface area (Å²) in [4.78, 5) is 22.7. The Kier molecular flexibility index (Phi) is 5.25. The number of nitrogens with one attached hydrogen (secondary N) is 1. The zero-order valence-corrected chi connectivity index (χ0v) is 10.2. The van der Waals surface area contributed by atoms with E-state index in [-0.39, 0.29) is 17.7 Å². The van der Waals surface area contributed by atoms with Gasteiger partial charge in [-0.15, -0.1) is 0 Å². The number of carboxylic acid groups (broad SMARTS) is 1. The predicted octanol–water partition coefficient (Wildman–Crippen LogP) is 0.400. The number of hydrogen-bond acceptors (Lipinski definition) is 4. The van der Waals surface area contributed by atoms with Crippen LogP contribution in [0.5, 0.6) is 5.75 Å². The molecule has 0 aliphatic carbocycles. The number of aliphatic carboxylic acids is 1. The van der Waals surface area contributed by atoms with Crippen molar-refractivity contribution in [1.82, 2.24) is 5.32 Å². The third-order valence-corrected chi connectivity index (χ3v) is 2.44. The van der Waals surface area contributed by atoms with Gasteiger partial charge in [-0.25, -0.2) is 9.18 Å². The van der Waals surface area contributed by atoms with Gasteiger partial charge in [0.25, 0.3) is 5.91 Å². The van der Waals surface area contributed by atoms with Crippen molar-refractivity contribution in [3.05, 3.63) is 29.6 Å². The van der Waals surface area contributed by atoms with Gasteiger partial charge in [0.05, 0.1) is 7.11 Å². The number of aliphatic hydroxyl groups is 1. The molecule has 0 radical (unpaired) electrons. The number of carboxylic acids is 1. The Morgan fingerprint density at radius 1 is 1.47 bits per heavy atom. The van der Waals surface area contributed by atoms with Gasteiger partial charge in [0.2, 0.25) is 0 Å². The monoisotopic (exact) mass is 271 g/mol. The average Bonchev–Trinajstić information content (AvgIpc) is 2.37. The fraction of sp³-hybridized carbons (Fsp3) is 0.333. The van der Waals surface area contributed by atoms with E-state index in [2.05, 4.69) is 5.32 Å². The lowest BCUT2D eigenvalue weighted by Gasteiger charge is -2.15. The van der Waals surface area contributed by atoms with Gasteiger partial charge in [-0.2, -0.15) is 0 Å². The summed E-state index contributed by atoms with van der Waals surface area (Å²) in [5.74, 6) is -3.02. The van der Waals surface area contributed by atoms with Gasteiger partial charge >= 0.3 is 5.97 Å². The van der Waals surface area contributed by atoms with Gasteiger partial charge in [-0.3, -0.25) is 4.79 Å². The fourth-order valence-electron chi connectivity index (χ4n) is 1.51. The minimum Gasteiger partial charge on any atom is -0.496 e. The van der Waals surface area contributed by atoms with Gasteiger partial charge in [0, 0.05) is 13.0 Å². The Bertz CT molecular complexity index is 477. The van der Waals surface area contributed by atoms with Crippen molar-refractivity contribution >= 4 is 11.9 Å². The van der Waals surface area contributed by atoms with Crippen LogP contribution < -0.4 is 10.1 Å². The molecule has 0 bridgehead atoms. The summed E-state index contributed by atoms with van der Waals surface area (Å²) in [5, 5.41) is 19.7. The first-order chi connectivity index (χ1) is 9.01. The highest BCUT2D eigenvalue weighted by molar-refractivity contribution is 5.99. The lowest BCUT2D eigenvalue weighted by atomic mass is 10.1. The summed E-state index contributed by atoms with van der Waals surface area (Å²) in [5.41, 5.74) is -0.366. The first-order valence-electron chi connectivity index (χ1n) is 5.48. The van der Waals surface area contributed by atoms with E-state index in [0.29, 0.717) is 0 Å². The summed E-state index contributed by atoms with van der Waals surface area (Å²) in [6, 6.07) is 2.54. The van der Waals surface area contributed by atoms with E-state index in [1.54, 1.807) is 0 Å². The van der Waals surface area contributed by atoms with Gasteiger partial charge in [0.1, 0.15) is 23.2 Å². The van der Waals surface area contributed by atoms with Crippen LogP contribution in [0.25, 0.3) is 0 Å². The molecule has 7 heteroatoms. The summed E-state index contributed by atoms with van der Waals surface area (Å²) in [6.45, 7) is -0.411. The second-order valence-corrected chi connectivity index (χ2v) is 3.69. The van der Waals surface area contributed by atoms with E-state index in [4.69, 9.17) is 14.9 Å². The molecule has 1 atom stereocenters. The number of aliphatic hydroxyl groups excluding tert-OH is 1. The Morgan fingerprint density at radius 2 is 2.16 bits per heavy atom. The number of amides is 1. The molecule has 0 heterocycles. The van der Waals surface area contributed by atoms with Crippen molar-refractivity contribution in [2.45, 2.75) is 12.5 Å². The van der Waals surface area contributed by atoms with Crippen molar-refractivity contribution in [2.75, 3.05) is 13.7 Å². The van der Waals surface area contributed by atoms with E-state index in [1.165, 1.54) is 19.2 Å². The highest BCUT2D eigenvalue weighted by Crippen LogP contribution is 2.21. The molecule has 0 aliphatic heterocycles. The molecule has 3 N–H and O–H groups in total. The van der Waals surface area contributed by atoms with Crippen LogP contribution in [-0.2, 0) is 4.79 Å². The molecule has 104 valence electrons. The number of ether oxygens (including phenoxy) is 1. The first kappa shape index (κ1) is 14.9. The number of carbonyl (C=O) groups excluding carboxylic acids is 1. The van der Waals surface area contributed by atoms with E-state index >= 15 is 0 Å². The van der Waals surface area contributed by atoms with Gasteiger partial charge in [0.15, 0.2) is 0 Å². The summed E-state index contributed by atoms with van der Waals surface area (Å²) < 4.78 is 18.4. The molecule has 0 spiro atoms. The van der Waals surface area contributed by atoms with Crippen LogP contribution in [0, 0.1) is 5.82 Å². The summed E-state index contributed by atoms with van der Waals surface area (Å²) >= 11 is 0. The molecular weight excluding hydrogens is 257 g/mol. The molecule has 1 amide bonds. The Balaban J connectivity index is 2.97. The van der Waals surface area contributed by atoms with Crippen LogP contribution >= 0.6 is 0 Å². The first-order valence-corrected chi connectivity index (χ1v) is 5.48. The zero-order valence-electron chi connectivity index (χ0n) is 10.2. The zero-order chi connectivity index (χ0) is 14.4. The third kappa shape index (κ3) is 3.65. The van der Waals surface area contributed by atoms with Crippen LogP contribution in [0.2, 0.25) is 0 Å². The second-order valence-electron chi connectivity index (χ2n) is 3.69. The van der Waals surface area contributed by atoms with Crippen LogP contribution in [0.3, 0.4) is 0 Å². The minimum absolute atomic E-state index is 0.00522. The third-order valence-electron chi connectivity index (χ3n) is 2.44. The Labute approximate surface area is 108 Å². The minimum atomic E-state index is -1.31. The molecule has 0 saturated carbocycles. The average molecular weight is 271 g/mol. The molecule has 1 aromatic carbocycles. The van der Waals surface area contributed by atoms with E-state index < -0.39 is 30.3 Å². The van der Waals surface area contributed by atoms with Crippen LogP contribution in [-0.4, -0.2) is 41.8 Å². The molecule has 0 unspecified atom stereocenters. The van der Waals surface area contributed by atoms with Crippen LogP contribution in [0.4, 0.5) is 4.39 Å². The molecule has 0 aromatic heterocycles. The number of hydrogen-bond donors (Lipinski definition) is 3. The normalized spacial score (nSPS) is 11.7. The van der Waals surface area contributed by atoms with Gasteiger partial charge < -0.3 is 20.3 Å². The largest absolute Gasteiger partial charge is 0.496 e. The van der Waals surface area contributed by atoms with Crippen molar-refractivity contribution in [1.29, 1.82) is 0 Å². The van der Waals surface area contributed by atoms with E-state index in [0.717, 1.165) is 6.07 Å². The quantitative estimate of drug-likeness (QED) is 0.696. The number of rotatable bonds is 6. The summed E-state index contributed by atoms with van der Waals surface area (Å²) in [6.07, 6.45) is -0.169. The fourth-order valence-corrected chi connectivity index (χ4v) is 1.51. The molecule has 19 heavy (non-hydrogen) atoms. The maximum Gasteiger partial charge on any atom is 0.326 e. The smallest absolute Gasteiger partial charge is 0.326 e. The lowest BCUT2D eigenvalue weighted by Crippen LogP contribution is -2.41. The topological polar surface area (TPSA) is 95.9 Å². The van der Waals surface area contributed by atoms with Crippen molar-refractivity contribution in [2.24, 2.45) is 0 Å². The molecule has 0 aliphatic rings. The maximum atomic E-state index is 13.6. The Hall–Kier alpha value is -2.15. The standard InChI is InChI=1S/C12H14FNO5/c1-19-9-4-2-3-7(13)10(9)11(16)14-8(5-6-15)12(17)18/h2-4,8,15H,5-6H2,1H3,(H,14,16)(H,17,18)/t8-/m1/s1. The number of methoxy groups -OCH3 is 1. The number of halogens is 1. The molecular formula is C12H14FNO5. The molecule has 0 fully saturated rings. The second kappa shape index (κ2) is 6.69. The van der Waals surface area contributed by atoms with Crippen LogP contribution in [0.15, 0.2) is 18.2 Å². The van der Waals surface area contributed by atoms with E-state index in [9.17, 15) is 14.0 Å². The highest BCUT2D eigenvalue weighted by atomic mass is 19.1. The molecule has 6 nitrogen and oxygen atoms in total. The van der Waals surface area contributed by atoms with Crippen molar-refractivity contribution in [3.8, 4) is 5.75 Å². The van der Waals surface area contributed by atoms with Gasteiger partial charge in [-0.05, 0) is 12.1 Å². The molecule has 1 rings (SSSR count). The molecule has 1 aromatic rings. The Morgan fingerprint density at radius 3 is 2.68 bits per heavy atom. The SMILES string of the molecule is COc1cccc(F)c1C(=O)N[C@H](CCO)C(=O)O. The predicted molar refractivity (Wildman–Crippen MR) is 63.5 cm³/mol. The van der Waals surface area contributed by atoms with Gasteiger partial charge in [-0.1, -0.05) is 6.07 Å². The highest BCUT2D eigenvalue weighted by Gasteiger charge is 2.24. The maximum absolute atomic E-state index is 13.6. The van der Waals surface area contributed by atoms with Crippen molar-refractivity contribution in [3.63, 3.8) is 0 Å².